The third-order valence-electron chi connectivity index (χ3n) is 2.77. The molecule has 4 nitrogen and oxygen atoms in total. The number of benzene rings is 1. The lowest BCUT2D eigenvalue weighted by atomic mass is 9.92. The molecule has 0 aliphatic heterocycles. The van der Waals surface area contributed by atoms with Gasteiger partial charge in [0.2, 0.25) is 0 Å². The van der Waals surface area contributed by atoms with Crippen molar-refractivity contribution >= 4 is 21.9 Å². The van der Waals surface area contributed by atoms with E-state index in [1.165, 1.54) is 7.11 Å². The highest BCUT2D eigenvalue weighted by atomic mass is 79.9. The van der Waals surface area contributed by atoms with Gasteiger partial charge in [-0.05, 0) is 29.8 Å². The van der Waals surface area contributed by atoms with E-state index in [4.69, 9.17) is 4.74 Å². The van der Waals surface area contributed by atoms with Crippen LogP contribution in [0, 0.1) is 0 Å². The molecule has 1 N–H and O–H groups in total. The Labute approximate surface area is 119 Å². The zero-order valence-corrected chi connectivity index (χ0v) is 11.8. The summed E-state index contributed by atoms with van der Waals surface area (Å²) in [5.41, 5.74) is 1.21. The van der Waals surface area contributed by atoms with Crippen molar-refractivity contribution < 1.29 is 14.6 Å². The van der Waals surface area contributed by atoms with Crippen molar-refractivity contribution in [3.05, 3.63) is 58.3 Å². The van der Waals surface area contributed by atoms with Crippen molar-refractivity contribution in [2.45, 2.75) is 5.92 Å². The van der Waals surface area contributed by atoms with Crippen molar-refractivity contribution in [3.8, 4) is 5.75 Å². The van der Waals surface area contributed by atoms with Gasteiger partial charge in [-0.25, -0.2) is 0 Å². The minimum absolute atomic E-state index is 0.541. The maximum absolute atomic E-state index is 11.6. The molecule has 0 fully saturated rings. The summed E-state index contributed by atoms with van der Waals surface area (Å²) in [5, 5.41) is 9.49. The fourth-order valence-corrected chi connectivity index (χ4v) is 2.31. The minimum Gasteiger partial charge on any atom is -0.496 e. The van der Waals surface area contributed by atoms with Crippen LogP contribution in [0.5, 0.6) is 5.75 Å². The Bertz CT molecular complexity index is 586. The van der Waals surface area contributed by atoms with Crippen LogP contribution in [-0.2, 0) is 4.79 Å². The molecule has 0 saturated heterocycles. The van der Waals surface area contributed by atoms with Gasteiger partial charge in [-0.2, -0.15) is 0 Å². The van der Waals surface area contributed by atoms with Crippen LogP contribution in [-0.4, -0.2) is 23.2 Å². The molecule has 2 aromatic rings. The van der Waals surface area contributed by atoms with Crippen LogP contribution in [0.15, 0.2) is 47.2 Å². The topological polar surface area (TPSA) is 59.4 Å². The van der Waals surface area contributed by atoms with Gasteiger partial charge >= 0.3 is 5.97 Å². The summed E-state index contributed by atoms with van der Waals surface area (Å²) in [4.78, 5) is 15.6. The Kier molecular flexibility index (Phi) is 4.16. The van der Waals surface area contributed by atoms with Crippen molar-refractivity contribution in [3.63, 3.8) is 0 Å². The largest absolute Gasteiger partial charge is 0.496 e. The molecule has 0 spiro atoms. The predicted octanol–water partition coefficient (Wildman–Crippen LogP) is 3.07. The van der Waals surface area contributed by atoms with Crippen molar-refractivity contribution in [2.75, 3.05) is 7.11 Å². The first-order valence-electron chi connectivity index (χ1n) is 5.59. The minimum atomic E-state index is -0.940. The van der Waals surface area contributed by atoms with Crippen LogP contribution >= 0.6 is 15.9 Å². The van der Waals surface area contributed by atoms with Gasteiger partial charge in [-0.3, -0.25) is 9.78 Å². The van der Waals surface area contributed by atoms with Crippen LogP contribution in [0.3, 0.4) is 0 Å². The quantitative estimate of drug-likeness (QED) is 0.940. The van der Waals surface area contributed by atoms with Gasteiger partial charge in [0.15, 0.2) is 0 Å². The van der Waals surface area contributed by atoms with E-state index in [1.807, 2.05) is 6.07 Å². The Morgan fingerprint density at radius 3 is 2.79 bits per heavy atom. The molecular formula is C14H12BrNO3. The van der Waals surface area contributed by atoms with Crippen LogP contribution in [0.4, 0.5) is 0 Å². The average molecular weight is 322 g/mol. The third-order valence-corrected chi connectivity index (χ3v) is 3.26. The van der Waals surface area contributed by atoms with Gasteiger partial charge in [0, 0.05) is 22.4 Å². The first-order chi connectivity index (χ1) is 9.13. The molecule has 0 bridgehead atoms. The lowest BCUT2D eigenvalue weighted by molar-refractivity contribution is -0.137. The maximum Gasteiger partial charge on any atom is 0.315 e. The molecule has 0 radical (unpaired) electrons. The van der Waals surface area contributed by atoms with E-state index in [2.05, 4.69) is 20.9 Å². The average Bonchev–Trinajstić information content (AvgIpc) is 2.40. The van der Waals surface area contributed by atoms with Crippen LogP contribution < -0.4 is 4.74 Å². The zero-order valence-electron chi connectivity index (χ0n) is 10.2. The number of aliphatic carboxylic acids is 1. The van der Waals surface area contributed by atoms with Crippen molar-refractivity contribution in [2.24, 2.45) is 0 Å². The monoisotopic (exact) mass is 321 g/mol. The molecule has 0 aliphatic rings. The molecule has 0 amide bonds. The molecule has 5 heteroatoms. The van der Waals surface area contributed by atoms with E-state index in [0.717, 1.165) is 4.47 Å². The molecule has 0 aliphatic carbocycles. The predicted molar refractivity (Wildman–Crippen MR) is 74.4 cm³/mol. The number of pyridine rings is 1. The van der Waals surface area contributed by atoms with Crippen molar-refractivity contribution in [1.29, 1.82) is 0 Å². The Morgan fingerprint density at radius 1 is 1.42 bits per heavy atom. The van der Waals surface area contributed by atoms with Crippen LogP contribution in [0.2, 0.25) is 0 Å². The van der Waals surface area contributed by atoms with E-state index < -0.39 is 11.9 Å². The van der Waals surface area contributed by atoms with Gasteiger partial charge < -0.3 is 9.84 Å². The number of halogens is 1. The van der Waals surface area contributed by atoms with E-state index in [1.54, 1.807) is 36.7 Å². The second kappa shape index (κ2) is 5.84. The number of carboxylic acids is 1. The second-order valence-corrected chi connectivity index (χ2v) is 4.86. The van der Waals surface area contributed by atoms with E-state index in [-0.39, 0.29) is 0 Å². The standard InChI is InChI=1S/C14H12BrNO3/c1-19-12-5-4-10(15)7-11(12)13(14(17)18)9-3-2-6-16-8-9/h2-8,13H,1H3,(H,17,18). The summed E-state index contributed by atoms with van der Waals surface area (Å²) in [6.07, 6.45) is 3.17. The summed E-state index contributed by atoms with van der Waals surface area (Å²) in [7, 11) is 1.52. The molecule has 1 unspecified atom stereocenters. The van der Waals surface area contributed by atoms with Crippen molar-refractivity contribution in [1.82, 2.24) is 4.98 Å². The van der Waals surface area contributed by atoms with Gasteiger partial charge in [-0.1, -0.05) is 22.0 Å². The lowest BCUT2D eigenvalue weighted by Crippen LogP contribution is -2.14. The molecular weight excluding hydrogens is 310 g/mol. The summed E-state index contributed by atoms with van der Waals surface area (Å²) >= 11 is 3.35. The SMILES string of the molecule is COc1ccc(Br)cc1C(C(=O)O)c1cccnc1. The summed E-state index contributed by atoms with van der Waals surface area (Å²) in [5.74, 6) is -1.20. The number of ether oxygens (including phenoxy) is 1. The second-order valence-electron chi connectivity index (χ2n) is 3.94. The van der Waals surface area contributed by atoms with E-state index >= 15 is 0 Å². The summed E-state index contributed by atoms with van der Waals surface area (Å²) in [6, 6.07) is 8.77. The van der Waals surface area contributed by atoms with E-state index in [0.29, 0.717) is 16.9 Å². The van der Waals surface area contributed by atoms with Gasteiger partial charge in [-0.15, -0.1) is 0 Å². The molecule has 1 heterocycles. The van der Waals surface area contributed by atoms with Gasteiger partial charge in [0.25, 0.3) is 0 Å². The highest BCUT2D eigenvalue weighted by Gasteiger charge is 2.25. The summed E-state index contributed by atoms with van der Waals surface area (Å²) < 4.78 is 6.05. The Balaban J connectivity index is 2.57. The Morgan fingerprint density at radius 2 is 2.21 bits per heavy atom. The van der Waals surface area contributed by atoms with E-state index in [9.17, 15) is 9.90 Å². The molecule has 0 saturated carbocycles. The Hall–Kier alpha value is -1.88. The number of hydrogen-bond acceptors (Lipinski definition) is 3. The number of aromatic nitrogens is 1. The molecule has 19 heavy (non-hydrogen) atoms. The number of nitrogens with zero attached hydrogens (tertiary/aromatic N) is 1. The fourth-order valence-electron chi connectivity index (χ4n) is 1.93. The molecule has 1 atom stereocenters. The summed E-state index contributed by atoms with van der Waals surface area (Å²) in [6.45, 7) is 0. The fraction of sp³-hybridized carbons (Fsp3) is 0.143. The van der Waals surface area contributed by atoms with Crippen LogP contribution in [0.25, 0.3) is 0 Å². The first kappa shape index (κ1) is 13.5. The zero-order chi connectivity index (χ0) is 13.8. The lowest BCUT2D eigenvalue weighted by Gasteiger charge is -2.16. The van der Waals surface area contributed by atoms with Gasteiger partial charge in [0.1, 0.15) is 11.7 Å². The highest BCUT2D eigenvalue weighted by molar-refractivity contribution is 9.10. The normalized spacial score (nSPS) is 11.9. The van der Waals surface area contributed by atoms with Crippen LogP contribution in [0.1, 0.15) is 17.0 Å². The molecule has 2 rings (SSSR count). The third kappa shape index (κ3) is 2.93. The number of hydrogen-bond donors (Lipinski definition) is 1. The molecule has 1 aromatic carbocycles. The number of carbonyl (C=O) groups is 1. The smallest absolute Gasteiger partial charge is 0.315 e. The highest BCUT2D eigenvalue weighted by Crippen LogP contribution is 2.33. The first-order valence-corrected chi connectivity index (χ1v) is 6.39. The number of carboxylic acid groups (broad SMARTS) is 1. The number of rotatable bonds is 4. The van der Waals surface area contributed by atoms with Gasteiger partial charge in [0.05, 0.1) is 7.11 Å². The maximum atomic E-state index is 11.6. The number of methoxy groups -OCH3 is 1. The molecule has 98 valence electrons. The molecule has 1 aromatic heterocycles.